The zero-order valence-corrected chi connectivity index (χ0v) is 19.1. The Bertz CT molecular complexity index is 962. The predicted molar refractivity (Wildman–Crippen MR) is 118 cm³/mol. The van der Waals surface area contributed by atoms with Gasteiger partial charge in [0.05, 0.1) is 9.79 Å². The van der Waals surface area contributed by atoms with E-state index in [1.165, 1.54) is 0 Å². The highest BCUT2D eigenvalue weighted by Gasteiger charge is 2.25. The molecule has 6 nitrogen and oxygen atoms in total. The van der Waals surface area contributed by atoms with Crippen molar-refractivity contribution in [3.63, 3.8) is 0 Å². The molecule has 30 heavy (non-hydrogen) atoms. The van der Waals surface area contributed by atoms with E-state index in [0.717, 1.165) is 36.8 Å². The third kappa shape index (κ3) is 6.14. The van der Waals surface area contributed by atoms with Gasteiger partial charge in [0.2, 0.25) is 20.0 Å². The zero-order valence-electron chi connectivity index (χ0n) is 17.5. The van der Waals surface area contributed by atoms with Crippen LogP contribution < -0.4 is 9.44 Å². The van der Waals surface area contributed by atoms with Crippen molar-refractivity contribution in [3.05, 3.63) is 59.7 Å². The van der Waals surface area contributed by atoms with E-state index >= 15 is 0 Å². The molecule has 2 atom stereocenters. The Balaban J connectivity index is 1.52. The van der Waals surface area contributed by atoms with Crippen molar-refractivity contribution in [2.24, 2.45) is 11.8 Å². The molecule has 1 aliphatic carbocycles. The van der Waals surface area contributed by atoms with Crippen LogP contribution in [0.15, 0.2) is 58.3 Å². The van der Waals surface area contributed by atoms with E-state index in [0.29, 0.717) is 13.1 Å². The third-order valence-corrected chi connectivity index (χ3v) is 8.56. The fourth-order valence-corrected chi connectivity index (χ4v) is 6.06. The maximum Gasteiger partial charge on any atom is 0.240 e. The summed E-state index contributed by atoms with van der Waals surface area (Å²) in [6.07, 6.45) is 3.65. The van der Waals surface area contributed by atoms with E-state index in [9.17, 15) is 16.8 Å². The summed E-state index contributed by atoms with van der Waals surface area (Å²) in [6, 6.07) is 13.6. The lowest BCUT2D eigenvalue weighted by Crippen LogP contribution is -2.35. The Morgan fingerprint density at radius 1 is 0.700 bits per heavy atom. The maximum absolute atomic E-state index is 12.5. The van der Waals surface area contributed by atoms with Crippen LogP contribution in [0, 0.1) is 25.7 Å². The van der Waals surface area contributed by atoms with Crippen LogP contribution in [0.1, 0.15) is 36.8 Å². The second kappa shape index (κ2) is 9.60. The number of aryl methyl sites for hydroxylation is 2. The molecule has 0 heterocycles. The van der Waals surface area contributed by atoms with Crippen molar-refractivity contribution >= 4 is 20.0 Å². The number of benzene rings is 2. The van der Waals surface area contributed by atoms with Gasteiger partial charge in [0.25, 0.3) is 0 Å². The number of rotatable bonds is 8. The SMILES string of the molecule is Cc1ccc(S(=O)(=O)NCC2CCCC(CNS(=O)(=O)c3ccc(C)cc3)C2)cc1. The Labute approximate surface area is 180 Å². The van der Waals surface area contributed by atoms with Gasteiger partial charge in [-0.15, -0.1) is 0 Å². The van der Waals surface area contributed by atoms with E-state index < -0.39 is 20.0 Å². The Kier molecular flexibility index (Phi) is 7.34. The summed E-state index contributed by atoms with van der Waals surface area (Å²) in [5, 5.41) is 0. The highest BCUT2D eigenvalue weighted by atomic mass is 32.2. The maximum atomic E-state index is 12.5. The quantitative estimate of drug-likeness (QED) is 0.645. The summed E-state index contributed by atoms with van der Waals surface area (Å²) >= 11 is 0. The molecule has 2 aromatic rings. The summed E-state index contributed by atoms with van der Waals surface area (Å²) in [5.41, 5.74) is 2.02. The minimum atomic E-state index is -3.53. The van der Waals surface area contributed by atoms with Gasteiger partial charge in [0.15, 0.2) is 0 Å². The normalized spacial score (nSPS) is 20.2. The van der Waals surface area contributed by atoms with Crippen LogP contribution in [-0.4, -0.2) is 29.9 Å². The topological polar surface area (TPSA) is 92.3 Å². The molecule has 0 saturated heterocycles. The molecule has 2 N–H and O–H groups in total. The molecule has 8 heteroatoms. The van der Waals surface area contributed by atoms with Crippen molar-refractivity contribution in [1.29, 1.82) is 0 Å². The standard InChI is InChI=1S/C22H30N2O4S2/c1-17-6-10-21(11-7-17)29(25,26)23-15-19-4-3-5-20(14-19)16-24-30(27,28)22-12-8-18(2)9-13-22/h6-13,19-20,23-24H,3-5,14-16H2,1-2H3. The van der Waals surface area contributed by atoms with Gasteiger partial charge in [-0.1, -0.05) is 41.8 Å². The summed E-state index contributed by atoms with van der Waals surface area (Å²) in [4.78, 5) is 0.539. The molecule has 2 aromatic carbocycles. The highest BCUT2D eigenvalue weighted by molar-refractivity contribution is 7.89. The number of hydrogen-bond acceptors (Lipinski definition) is 4. The van der Waals surface area contributed by atoms with Crippen LogP contribution in [0.4, 0.5) is 0 Å². The predicted octanol–water partition coefficient (Wildman–Crippen LogP) is 3.37. The molecule has 0 aromatic heterocycles. The van der Waals surface area contributed by atoms with E-state index in [4.69, 9.17) is 0 Å². The molecule has 1 aliphatic rings. The lowest BCUT2D eigenvalue weighted by Gasteiger charge is -2.29. The zero-order chi connectivity index (χ0) is 21.8. The second-order valence-electron chi connectivity index (χ2n) is 8.23. The average molecular weight is 451 g/mol. The van der Waals surface area contributed by atoms with Gasteiger partial charge in [-0.05, 0) is 69.2 Å². The van der Waals surface area contributed by atoms with Crippen molar-refractivity contribution < 1.29 is 16.8 Å². The first-order valence-corrected chi connectivity index (χ1v) is 13.2. The van der Waals surface area contributed by atoms with Gasteiger partial charge in [0.1, 0.15) is 0 Å². The molecule has 0 bridgehead atoms. The first-order chi connectivity index (χ1) is 14.2. The van der Waals surface area contributed by atoms with Gasteiger partial charge < -0.3 is 0 Å². The van der Waals surface area contributed by atoms with Gasteiger partial charge in [-0.2, -0.15) is 0 Å². The van der Waals surface area contributed by atoms with Crippen LogP contribution in [0.2, 0.25) is 0 Å². The average Bonchev–Trinajstić information content (AvgIpc) is 2.72. The molecule has 0 amide bonds. The first kappa shape index (κ1) is 22.9. The van der Waals surface area contributed by atoms with Gasteiger partial charge >= 0.3 is 0 Å². The van der Waals surface area contributed by atoms with Gasteiger partial charge in [-0.25, -0.2) is 26.3 Å². The van der Waals surface area contributed by atoms with E-state index in [-0.39, 0.29) is 21.6 Å². The summed E-state index contributed by atoms with van der Waals surface area (Å²) < 4.78 is 55.5. The Morgan fingerprint density at radius 3 is 1.43 bits per heavy atom. The fourth-order valence-electron chi connectivity index (χ4n) is 3.83. The molecule has 1 saturated carbocycles. The first-order valence-electron chi connectivity index (χ1n) is 10.3. The Morgan fingerprint density at radius 2 is 1.07 bits per heavy atom. The molecule has 0 radical (unpaired) electrons. The van der Waals surface area contributed by atoms with Crippen LogP contribution in [-0.2, 0) is 20.0 Å². The number of sulfonamides is 2. The van der Waals surface area contributed by atoms with Crippen LogP contribution >= 0.6 is 0 Å². The van der Waals surface area contributed by atoms with Crippen LogP contribution in [0.25, 0.3) is 0 Å². The van der Waals surface area contributed by atoms with E-state index in [1.54, 1.807) is 48.5 Å². The summed E-state index contributed by atoms with van der Waals surface area (Å²) in [7, 11) is -7.06. The second-order valence-corrected chi connectivity index (χ2v) is 11.8. The molecule has 0 aliphatic heterocycles. The van der Waals surface area contributed by atoms with Crippen LogP contribution in [0.5, 0.6) is 0 Å². The third-order valence-electron chi connectivity index (χ3n) is 5.68. The molecule has 164 valence electrons. The van der Waals surface area contributed by atoms with Gasteiger partial charge in [0, 0.05) is 13.1 Å². The van der Waals surface area contributed by atoms with Crippen molar-refractivity contribution in [2.75, 3.05) is 13.1 Å². The fraction of sp³-hybridized carbons (Fsp3) is 0.455. The number of nitrogens with one attached hydrogen (secondary N) is 2. The lowest BCUT2D eigenvalue weighted by molar-refractivity contribution is 0.268. The summed E-state index contributed by atoms with van der Waals surface area (Å²) in [6.45, 7) is 4.58. The summed E-state index contributed by atoms with van der Waals surface area (Å²) in [5.74, 6) is 0.403. The smallest absolute Gasteiger partial charge is 0.211 e. The van der Waals surface area contributed by atoms with Crippen molar-refractivity contribution in [2.45, 2.75) is 49.3 Å². The molecule has 1 fully saturated rings. The van der Waals surface area contributed by atoms with Crippen LogP contribution in [0.3, 0.4) is 0 Å². The molecular weight excluding hydrogens is 420 g/mol. The monoisotopic (exact) mass is 450 g/mol. The van der Waals surface area contributed by atoms with Gasteiger partial charge in [-0.3, -0.25) is 0 Å². The molecule has 2 unspecified atom stereocenters. The molecule has 0 spiro atoms. The lowest BCUT2D eigenvalue weighted by atomic mass is 9.81. The molecule has 3 rings (SSSR count). The van der Waals surface area contributed by atoms with Crippen molar-refractivity contribution in [3.8, 4) is 0 Å². The largest absolute Gasteiger partial charge is 0.240 e. The minimum Gasteiger partial charge on any atom is -0.211 e. The van der Waals surface area contributed by atoms with E-state index in [2.05, 4.69) is 9.44 Å². The highest BCUT2D eigenvalue weighted by Crippen LogP contribution is 2.29. The molecular formula is C22H30N2O4S2. The van der Waals surface area contributed by atoms with E-state index in [1.807, 2.05) is 13.8 Å². The Hall–Kier alpha value is -1.74. The minimum absolute atomic E-state index is 0.202. The number of hydrogen-bond donors (Lipinski definition) is 2. The van der Waals surface area contributed by atoms with Crippen molar-refractivity contribution in [1.82, 2.24) is 9.44 Å².